The van der Waals surface area contributed by atoms with E-state index in [-0.39, 0.29) is 16.5 Å². The Morgan fingerprint density at radius 1 is 1.09 bits per heavy atom. The second kappa shape index (κ2) is 7.04. The molecule has 0 unspecified atom stereocenters. The molecule has 0 bridgehead atoms. The van der Waals surface area contributed by atoms with Gasteiger partial charge in [0.15, 0.2) is 6.10 Å². The van der Waals surface area contributed by atoms with Crippen molar-refractivity contribution in [1.29, 1.82) is 0 Å². The van der Waals surface area contributed by atoms with Crippen LogP contribution in [-0.4, -0.2) is 30.0 Å². The van der Waals surface area contributed by atoms with E-state index < -0.39 is 12.1 Å². The molecule has 2 rings (SSSR count). The topological polar surface area (TPSA) is 65.5 Å². The van der Waals surface area contributed by atoms with Crippen molar-refractivity contribution in [1.82, 2.24) is 4.98 Å². The fourth-order valence-corrected chi connectivity index (χ4v) is 1.88. The zero-order chi connectivity index (χ0) is 16.1. The Balaban J connectivity index is 2.03. The molecule has 0 radical (unpaired) electrons. The molecule has 0 spiro atoms. The van der Waals surface area contributed by atoms with Crippen LogP contribution in [0.2, 0.25) is 5.15 Å². The zero-order valence-electron chi connectivity index (χ0n) is 12.1. The van der Waals surface area contributed by atoms with Crippen LogP contribution in [0.15, 0.2) is 42.6 Å². The Morgan fingerprint density at radius 2 is 1.73 bits per heavy atom. The van der Waals surface area contributed by atoms with Crippen LogP contribution in [0.4, 0.5) is 0 Å². The number of carbonyl (C=O) groups excluding carboxylic acids is 2. The number of pyridine rings is 1. The van der Waals surface area contributed by atoms with Crippen LogP contribution >= 0.6 is 11.6 Å². The van der Waals surface area contributed by atoms with Gasteiger partial charge in [0.05, 0.1) is 12.7 Å². The minimum absolute atomic E-state index is 0.235. The number of nitrogens with zero attached hydrogens (tertiary/aromatic N) is 1. The van der Waals surface area contributed by atoms with Gasteiger partial charge >= 0.3 is 5.97 Å². The van der Waals surface area contributed by atoms with Crippen LogP contribution in [0.5, 0.6) is 5.75 Å². The average Bonchev–Trinajstić information content (AvgIpc) is 2.54. The van der Waals surface area contributed by atoms with Crippen molar-refractivity contribution in [2.75, 3.05) is 7.11 Å². The van der Waals surface area contributed by atoms with E-state index in [4.69, 9.17) is 21.1 Å². The third-order valence-corrected chi connectivity index (χ3v) is 3.21. The molecule has 6 heteroatoms. The van der Waals surface area contributed by atoms with E-state index in [1.54, 1.807) is 31.4 Å². The van der Waals surface area contributed by atoms with E-state index >= 15 is 0 Å². The standard InChI is InChI=1S/C16H14ClNO4/c1-10(15(19)11-3-6-13(21-2)7-4-11)22-16(20)12-5-8-14(17)18-9-12/h3-10H,1-2H3/t10-/m1/s1. The summed E-state index contributed by atoms with van der Waals surface area (Å²) in [7, 11) is 1.54. The number of halogens is 1. The maximum atomic E-state index is 12.2. The summed E-state index contributed by atoms with van der Waals surface area (Å²) in [6.07, 6.45) is 0.395. The molecule has 0 aliphatic heterocycles. The molecule has 114 valence electrons. The summed E-state index contributed by atoms with van der Waals surface area (Å²) in [5.41, 5.74) is 0.675. The number of Topliss-reactive ketones (excluding diaryl/α,β-unsaturated/α-hetero) is 1. The number of aromatic nitrogens is 1. The molecule has 1 heterocycles. The maximum Gasteiger partial charge on any atom is 0.340 e. The Kier molecular flexibility index (Phi) is 5.12. The number of benzene rings is 1. The number of carbonyl (C=O) groups is 2. The van der Waals surface area contributed by atoms with Gasteiger partial charge in [-0.15, -0.1) is 0 Å². The molecule has 0 fully saturated rings. The molecule has 5 nitrogen and oxygen atoms in total. The molecule has 0 N–H and O–H groups in total. The second-order valence-corrected chi connectivity index (χ2v) is 4.90. The van der Waals surface area contributed by atoms with Gasteiger partial charge in [-0.2, -0.15) is 0 Å². The highest BCUT2D eigenvalue weighted by atomic mass is 35.5. The van der Waals surface area contributed by atoms with E-state index in [0.717, 1.165) is 0 Å². The summed E-state index contributed by atoms with van der Waals surface area (Å²) >= 11 is 5.65. The van der Waals surface area contributed by atoms with Gasteiger partial charge < -0.3 is 9.47 Å². The summed E-state index contributed by atoms with van der Waals surface area (Å²) in [5.74, 6) is -0.273. The number of methoxy groups -OCH3 is 1. The molecule has 1 aromatic heterocycles. The molecular weight excluding hydrogens is 306 g/mol. The Bertz CT molecular complexity index is 668. The van der Waals surface area contributed by atoms with Gasteiger partial charge in [-0.25, -0.2) is 9.78 Å². The van der Waals surface area contributed by atoms with Crippen LogP contribution < -0.4 is 4.74 Å². The number of esters is 1. The van der Waals surface area contributed by atoms with Gasteiger partial charge in [0, 0.05) is 11.8 Å². The lowest BCUT2D eigenvalue weighted by Crippen LogP contribution is -2.24. The molecule has 0 amide bonds. The second-order valence-electron chi connectivity index (χ2n) is 4.51. The fourth-order valence-electron chi connectivity index (χ4n) is 1.77. The zero-order valence-corrected chi connectivity index (χ0v) is 12.8. The van der Waals surface area contributed by atoms with Crippen LogP contribution in [0.25, 0.3) is 0 Å². The van der Waals surface area contributed by atoms with Gasteiger partial charge in [-0.05, 0) is 43.3 Å². The monoisotopic (exact) mass is 319 g/mol. The highest BCUT2D eigenvalue weighted by Gasteiger charge is 2.20. The predicted molar refractivity (Wildman–Crippen MR) is 81.4 cm³/mol. The first-order valence-electron chi connectivity index (χ1n) is 6.52. The van der Waals surface area contributed by atoms with Crippen molar-refractivity contribution in [3.05, 3.63) is 58.9 Å². The fraction of sp³-hybridized carbons (Fsp3) is 0.188. The molecule has 1 atom stereocenters. The van der Waals surface area contributed by atoms with E-state index in [0.29, 0.717) is 11.3 Å². The Morgan fingerprint density at radius 3 is 2.27 bits per heavy atom. The molecule has 1 aromatic carbocycles. The van der Waals surface area contributed by atoms with Crippen LogP contribution in [0.3, 0.4) is 0 Å². The third kappa shape index (κ3) is 3.83. The van der Waals surface area contributed by atoms with Gasteiger partial charge in [0.1, 0.15) is 10.9 Å². The summed E-state index contributed by atoms with van der Waals surface area (Å²) in [4.78, 5) is 27.9. The van der Waals surface area contributed by atoms with Crippen LogP contribution in [-0.2, 0) is 4.74 Å². The van der Waals surface area contributed by atoms with Crippen molar-refractivity contribution in [3.8, 4) is 5.75 Å². The largest absolute Gasteiger partial charge is 0.497 e. The highest BCUT2D eigenvalue weighted by Crippen LogP contribution is 2.15. The first-order chi connectivity index (χ1) is 10.5. The predicted octanol–water partition coefficient (Wildman–Crippen LogP) is 3.17. The third-order valence-electron chi connectivity index (χ3n) is 2.99. The Labute approximate surface area is 132 Å². The number of rotatable bonds is 5. The van der Waals surface area contributed by atoms with E-state index in [1.807, 2.05) is 0 Å². The lowest BCUT2D eigenvalue weighted by atomic mass is 10.1. The van der Waals surface area contributed by atoms with Crippen molar-refractivity contribution in [3.63, 3.8) is 0 Å². The molecule has 22 heavy (non-hydrogen) atoms. The molecule has 2 aromatic rings. The quantitative estimate of drug-likeness (QED) is 0.481. The smallest absolute Gasteiger partial charge is 0.340 e. The van der Waals surface area contributed by atoms with Crippen molar-refractivity contribution in [2.45, 2.75) is 13.0 Å². The SMILES string of the molecule is COc1ccc(C(=O)[C@@H](C)OC(=O)c2ccc(Cl)nc2)cc1. The minimum atomic E-state index is -0.906. The summed E-state index contributed by atoms with van der Waals surface area (Å²) in [6, 6.07) is 9.55. The van der Waals surface area contributed by atoms with Crippen molar-refractivity contribution >= 4 is 23.4 Å². The van der Waals surface area contributed by atoms with E-state index in [2.05, 4.69) is 4.98 Å². The molecule has 0 saturated heterocycles. The van der Waals surface area contributed by atoms with Gasteiger partial charge in [0.25, 0.3) is 0 Å². The number of ketones is 1. The van der Waals surface area contributed by atoms with Crippen LogP contribution in [0, 0.1) is 0 Å². The summed E-state index contributed by atoms with van der Waals surface area (Å²) in [5, 5.41) is 0.277. The minimum Gasteiger partial charge on any atom is -0.497 e. The Hall–Kier alpha value is -2.40. The number of hydrogen-bond donors (Lipinski definition) is 0. The van der Waals surface area contributed by atoms with Crippen molar-refractivity contribution < 1.29 is 19.1 Å². The molecule has 0 saturated carbocycles. The van der Waals surface area contributed by atoms with E-state index in [9.17, 15) is 9.59 Å². The summed E-state index contributed by atoms with van der Waals surface area (Å²) in [6.45, 7) is 1.52. The van der Waals surface area contributed by atoms with Gasteiger partial charge in [0.2, 0.25) is 5.78 Å². The first kappa shape index (κ1) is 16.0. The lowest BCUT2D eigenvalue weighted by Gasteiger charge is -2.12. The van der Waals surface area contributed by atoms with Gasteiger partial charge in [-0.3, -0.25) is 4.79 Å². The number of hydrogen-bond acceptors (Lipinski definition) is 5. The molecular formula is C16H14ClNO4. The van der Waals surface area contributed by atoms with Crippen molar-refractivity contribution in [2.24, 2.45) is 0 Å². The maximum absolute atomic E-state index is 12.2. The number of ether oxygens (including phenoxy) is 2. The first-order valence-corrected chi connectivity index (χ1v) is 6.90. The van der Waals surface area contributed by atoms with E-state index in [1.165, 1.54) is 25.3 Å². The normalized spacial score (nSPS) is 11.6. The lowest BCUT2D eigenvalue weighted by molar-refractivity contribution is 0.0318. The van der Waals surface area contributed by atoms with Gasteiger partial charge in [-0.1, -0.05) is 11.6 Å². The molecule has 0 aliphatic carbocycles. The average molecular weight is 320 g/mol. The molecule has 0 aliphatic rings. The highest BCUT2D eigenvalue weighted by molar-refractivity contribution is 6.29. The van der Waals surface area contributed by atoms with Crippen LogP contribution in [0.1, 0.15) is 27.6 Å². The summed E-state index contributed by atoms with van der Waals surface area (Å²) < 4.78 is 10.2.